The summed E-state index contributed by atoms with van der Waals surface area (Å²) in [6.45, 7) is 7.58. The minimum absolute atomic E-state index is 0.0956. The summed E-state index contributed by atoms with van der Waals surface area (Å²) < 4.78 is 16.4. The molecule has 160 valence electrons. The number of allylic oxidation sites excluding steroid dienone is 1. The molecule has 0 unspecified atom stereocenters. The van der Waals surface area contributed by atoms with Crippen LogP contribution in [0.2, 0.25) is 0 Å². The van der Waals surface area contributed by atoms with Crippen LogP contribution in [0.4, 0.5) is 4.79 Å². The van der Waals surface area contributed by atoms with Crippen LogP contribution in [0.1, 0.15) is 16.9 Å². The normalized spacial score (nSPS) is 15.1. The molecule has 0 radical (unpaired) electrons. The summed E-state index contributed by atoms with van der Waals surface area (Å²) in [4.78, 5) is 38.4. The van der Waals surface area contributed by atoms with Gasteiger partial charge in [0.25, 0.3) is 11.8 Å². The van der Waals surface area contributed by atoms with Gasteiger partial charge in [0.1, 0.15) is 17.9 Å². The number of amides is 4. The second kappa shape index (κ2) is 9.62. The molecule has 0 spiro atoms. The SMILES string of the molecule is C=CCOc1c(CC=C)cc(/C=C2\C(=O)NC(=O)N(Cc3ccco3)C2=O)cc1OC. The van der Waals surface area contributed by atoms with Gasteiger partial charge < -0.3 is 13.9 Å². The van der Waals surface area contributed by atoms with E-state index in [1.54, 1.807) is 36.4 Å². The Balaban J connectivity index is 1.99. The lowest BCUT2D eigenvalue weighted by Crippen LogP contribution is -2.53. The van der Waals surface area contributed by atoms with Crippen LogP contribution in [0.5, 0.6) is 11.5 Å². The van der Waals surface area contributed by atoms with Gasteiger partial charge in [-0.15, -0.1) is 6.58 Å². The molecule has 1 aromatic carbocycles. The van der Waals surface area contributed by atoms with E-state index in [1.165, 1.54) is 19.4 Å². The summed E-state index contributed by atoms with van der Waals surface area (Å²) in [5.74, 6) is -0.127. The number of urea groups is 1. The minimum atomic E-state index is -0.804. The maximum absolute atomic E-state index is 12.9. The molecule has 2 aromatic rings. The van der Waals surface area contributed by atoms with Gasteiger partial charge in [-0.05, 0) is 42.3 Å². The van der Waals surface area contributed by atoms with Crippen LogP contribution >= 0.6 is 0 Å². The lowest BCUT2D eigenvalue weighted by Gasteiger charge is -2.25. The number of methoxy groups -OCH3 is 1. The van der Waals surface area contributed by atoms with E-state index in [4.69, 9.17) is 13.9 Å². The van der Waals surface area contributed by atoms with Crippen molar-refractivity contribution in [1.29, 1.82) is 0 Å². The van der Waals surface area contributed by atoms with Crippen LogP contribution < -0.4 is 14.8 Å². The maximum Gasteiger partial charge on any atom is 0.331 e. The number of furan rings is 1. The third-order valence-corrected chi connectivity index (χ3v) is 4.47. The molecule has 4 amide bonds. The van der Waals surface area contributed by atoms with Crippen molar-refractivity contribution in [2.24, 2.45) is 0 Å². The molecule has 8 heteroatoms. The zero-order chi connectivity index (χ0) is 22.4. The quantitative estimate of drug-likeness (QED) is 0.378. The van der Waals surface area contributed by atoms with Gasteiger partial charge in [0.15, 0.2) is 11.5 Å². The second-order valence-electron chi connectivity index (χ2n) is 6.59. The first-order chi connectivity index (χ1) is 15.0. The van der Waals surface area contributed by atoms with Crippen molar-refractivity contribution in [3.63, 3.8) is 0 Å². The number of hydrogen-bond acceptors (Lipinski definition) is 6. The number of hydrogen-bond donors (Lipinski definition) is 1. The Kier molecular flexibility index (Phi) is 6.71. The Morgan fingerprint density at radius 2 is 2.00 bits per heavy atom. The number of carbonyl (C=O) groups is 3. The van der Waals surface area contributed by atoms with Crippen LogP contribution in [-0.4, -0.2) is 36.5 Å². The fourth-order valence-electron chi connectivity index (χ4n) is 3.09. The highest BCUT2D eigenvalue weighted by molar-refractivity contribution is 6.30. The van der Waals surface area contributed by atoms with Gasteiger partial charge in [-0.2, -0.15) is 0 Å². The molecule has 1 saturated heterocycles. The zero-order valence-electron chi connectivity index (χ0n) is 17.1. The van der Waals surface area contributed by atoms with E-state index < -0.39 is 17.8 Å². The largest absolute Gasteiger partial charge is 0.493 e. The Bertz CT molecular complexity index is 1050. The second-order valence-corrected chi connectivity index (χ2v) is 6.59. The van der Waals surface area contributed by atoms with Crippen LogP contribution in [0, 0.1) is 0 Å². The van der Waals surface area contributed by atoms with E-state index in [0.717, 1.165) is 10.5 Å². The third-order valence-electron chi connectivity index (χ3n) is 4.47. The molecule has 0 bridgehead atoms. The van der Waals surface area contributed by atoms with Crippen molar-refractivity contribution in [3.05, 3.63) is 78.3 Å². The Hall–Kier alpha value is -4.07. The first-order valence-electron chi connectivity index (χ1n) is 9.45. The summed E-state index contributed by atoms with van der Waals surface area (Å²) >= 11 is 0. The van der Waals surface area contributed by atoms with Gasteiger partial charge in [0.05, 0.1) is 19.9 Å². The first-order valence-corrected chi connectivity index (χ1v) is 9.45. The summed E-state index contributed by atoms with van der Waals surface area (Å²) in [6, 6.07) is 5.89. The minimum Gasteiger partial charge on any atom is -0.493 e. The molecule has 1 aromatic heterocycles. The molecule has 0 saturated carbocycles. The van der Waals surface area contributed by atoms with E-state index >= 15 is 0 Å². The number of ether oxygens (including phenoxy) is 2. The molecular weight excluding hydrogens is 400 g/mol. The number of nitrogens with zero attached hydrogens (tertiary/aromatic N) is 1. The molecule has 1 aliphatic rings. The zero-order valence-corrected chi connectivity index (χ0v) is 17.1. The molecule has 2 heterocycles. The average molecular weight is 422 g/mol. The van der Waals surface area contributed by atoms with Gasteiger partial charge in [-0.1, -0.05) is 18.7 Å². The summed E-state index contributed by atoms with van der Waals surface area (Å²) in [6.07, 6.45) is 6.64. The predicted molar refractivity (Wildman–Crippen MR) is 113 cm³/mol. The Morgan fingerprint density at radius 3 is 2.65 bits per heavy atom. The van der Waals surface area contributed by atoms with Crippen molar-refractivity contribution in [2.45, 2.75) is 13.0 Å². The van der Waals surface area contributed by atoms with Gasteiger partial charge in [0, 0.05) is 5.56 Å². The van der Waals surface area contributed by atoms with Crippen molar-refractivity contribution >= 4 is 23.9 Å². The summed E-state index contributed by atoms with van der Waals surface area (Å²) in [5, 5.41) is 2.18. The summed E-state index contributed by atoms with van der Waals surface area (Å²) in [5.41, 5.74) is 1.11. The monoisotopic (exact) mass is 422 g/mol. The molecule has 1 fully saturated rings. The first kappa shape index (κ1) is 21.6. The van der Waals surface area contributed by atoms with E-state index in [2.05, 4.69) is 18.5 Å². The van der Waals surface area contributed by atoms with E-state index in [9.17, 15) is 14.4 Å². The molecule has 0 atom stereocenters. The number of carbonyl (C=O) groups excluding carboxylic acids is 3. The smallest absolute Gasteiger partial charge is 0.331 e. The molecule has 0 aliphatic carbocycles. The molecular formula is C23H22N2O6. The van der Waals surface area contributed by atoms with Gasteiger partial charge in [-0.3, -0.25) is 19.8 Å². The van der Waals surface area contributed by atoms with Gasteiger partial charge >= 0.3 is 6.03 Å². The Labute approximate surface area is 179 Å². The van der Waals surface area contributed by atoms with E-state index in [-0.39, 0.29) is 18.7 Å². The Morgan fingerprint density at radius 1 is 1.19 bits per heavy atom. The average Bonchev–Trinajstić information content (AvgIpc) is 3.26. The highest BCUT2D eigenvalue weighted by Crippen LogP contribution is 2.34. The number of imide groups is 2. The number of rotatable bonds is 9. The van der Waals surface area contributed by atoms with Crippen molar-refractivity contribution in [3.8, 4) is 11.5 Å². The van der Waals surface area contributed by atoms with Crippen LogP contribution in [0.15, 0.2) is 65.8 Å². The van der Waals surface area contributed by atoms with Crippen molar-refractivity contribution < 1.29 is 28.3 Å². The van der Waals surface area contributed by atoms with Crippen molar-refractivity contribution in [1.82, 2.24) is 10.2 Å². The van der Waals surface area contributed by atoms with E-state index in [0.29, 0.717) is 29.2 Å². The highest BCUT2D eigenvalue weighted by Gasteiger charge is 2.36. The molecule has 1 aliphatic heterocycles. The lowest BCUT2D eigenvalue weighted by atomic mass is 10.0. The van der Waals surface area contributed by atoms with E-state index in [1.807, 2.05) is 0 Å². The summed E-state index contributed by atoms with van der Waals surface area (Å²) in [7, 11) is 1.49. The van der Waals surface area contributed by atoms with Gasteiger partial charge in [-0.25, -0.2) is 4.79 Å². The number of nitrogens with one attached hydrogen (secondary N) is 1. The highest BCUT2D eigenvalue weighted by atomic mass is 16.5. The topological polar surface area (TPSA) is 98.1 Å². The van der Waals surface area contributed by atoms with Crippen LogP contribution in [0.3, 0.4) is 0 Å². The maximum atomic E-state index is 12.9. The number of barbiturate groups is 1. The third kappa shape index (κ3) is 4.75. The van der Waals surface area contributed by atoms with Gasteiger partial charge in [0.2, 0.25) is 0 Å². The molecule has 31 heavy (non-hydrogen) atoms. The van der Waals surface area contributed by atoms with Crippen LogP contribution in [0.25, 0.3) is 6.08 Å². The molecule has 8 nitrogen and oxygen atoms in total. The van der Waals surface area contributed by atoms with Crippen LogP contribution in [-0.2, 0) is 22.6 Å². The lowest BCUT2D eigenvalue weighted by molar-refractivity contribution is -0.130. The van der Waals surface area contributed by atoms with Crippen molar-refractivity contribution in [2.75, 3.05) is 13.7 Å². The fourth-order valence-corrected chi connectivity index (χ4v) is 3.09. The molecule has 3 rings (SSSR count). The standard InChI is InChI=1S/C23H22N2O6/c1-4-7-16-11-15(13-19(29-3)20(16)31-9-5-2)12-18-21(26)24-23(28)25(22(18)27)14-17-8-6-10-30-17/h4-6,8,10-13H,1-2,7,9,14H2,3H3,(H,24,26,28)/b18-12+. The number of benzene rings is 1. The molecule has 1 N–H and O–H groups in total. The fraction of sp³-hybridized carbons (Fsp3) is 0.174. The predicted octanol–water partition coefficient (Wildman–Crippen LogP) is 3.24.